The van der Waals surface area contributed by atoms with Crippen LogP contribution in [-0.4, -0.2) is 133 Å². The zero-order valence-electron chi connectivity index (χ0n) is 49.5. The summed E-state index contributed by atoms with van der Waals surface area (Å²) < 4.78 is 29.2. The number of hydrogen-bond acceptors (Lipinski definition) is 17. The van der Waals surface area contributed by atoms with Gasteiger partial charge in [0.05, 0.1) is 76.7 Å². The number of carbonyl (C=O) groups is 4. The highest BCUT2D eigenvalue weighted by atomic mass is 79.9. The van der Waals surface area contributed by atoms with Gasteiger partial charge in [0.25, 0.3) is 0 Å². The minimum atomic E-state index is -0.426. The lowest BCUT2D eigenvalue weighted by Gasteiger charge is -2.22. The maximum Gasteiger partial charge on any atom is 0.340 e. The Morgan fingerprint density at radius 1 is 0.558 bits per heavy atom. The molecule has 0 fully saturated rings. The van der Waals surface area contributed by atoms with Crippen molar-refractivity contribution >= 4 is 87.3 Å². The van der Waals surface area contributed by atoms with Crippen LogP contribution in [0.5, 0.6) is 28.7 Å². The van der Waals surface area contributed by atoms with Crippen LogP contribution in [0.2, 0.25) is 0 Å². The van der Waals surface area contributed by atoms with Crippen molar-refractivity contribution in [2.24, 2.45) is 4.99 Å². The van der Waals surface area contributed by atoms with E-state index in [1.807, 2.05) is 129 Å². The van der Waals surface area contributed by atoms with Crippen LogP contribution in [-0.2, 0) is 55.9 Å². The molecule has 7 aromatic carbocycles. The number of aromatic hydroxyl groups is 2. The summed E-state index contributed by atoms with van der Waals surface area (Å²) >= 11 is 9.84. The Balaban J connectivity index is 0.00000103. The lowest BCUT2D eigenvalue weighted by atomic mass is 10.1. The molecule has 17 nitrogen and oxygen atoms in total. The van der Waals surface area contributed by atoms with Crippen LogP contribution in [0.3, 0.4) is 0 Å². The summed E-state index contributed by atoms with van der Waals surface area (Å²) in [5.74, 6) is 2.04. The maximum absolute atomic E-state index is 11.8. The average molecular weight is 1280 g/mol. The number of nitrogens with one attached hydrogen (secondary N) is 3. The van der Waals surface area contributed by atoms with Gasteiger partial charge in [-0.05, 0) is 142 Å². The van der Waals surface area contributed by atoms with Crippen molar-refractivity contribution in [3.63, 3.8) is 0 Å². The van der Waals surface area contributed by atoms with E-state index in [2.05, 4.69) is 53.9 Å². The third-order valence-corrected chi connectivity index (χ3v) is 12.3. The Hall–Kier alpha value is -8.49. The predicted molar refractivity (Wildman–Crippen MR) is 356 cm³/mol. The first kappa shape index (κ1) is 77.5. The number of nitrogens with zero attached hydrogens (tertiary/aromatic N) is 2. The van der Waals surface area contributed by atoms with E-state index in [0.29, 0.717) is 58.5 Å². The van der Waals surface area contributed by atoms with Crippen molar-refractivity contribution < 1.29 is 57.8 Å². The molecule has 462 valence electrons. The smallest absolute Gasteiger partial charge is 0.340 e. The molecule has 0 atom stereocenters. The van der Waals surface area contributed by atoms with Crippen LogP contribution in [0, 0.1) is 0 Å². The number of ether oxygens (including phenoxy) is 6. The summed E-state index contributed by atoms with van der Waals surface area (Å²) in [6, 6.07) is 51.5. The number of methoxy groups -OCH3 is 6. The Labute approximate surface area is 528 Å². The number of para-hydroxylation sites is 7. The molecule has 20 heteroatoms. The van der Waals surface area contributed by atoms with Crippen molar-refractivity contribution in [2.45, 2.75) is 39.5 Å². The van der Waals surface area contributed by atoms with Gasteiger partial charge < -0.3 is 64.3 Å². The number of anilines is 1. The SMILES string of the molecule is Br.C.CNCCc1ccccc1O.CNCCc1ccccc1OC.COC(=O)Cc1ccccc1OC.COC(=O)c1ccccc1N=C=S.COC(=O)c1ccccc1NC(=S)N(C)CCc1ccccc1O.COc1ccccc1CC=O. The molecular formula is C66H82BrN5O12S2. The second-order valence-electron chi connectivity index (χ2n) is 17.4. The van der Waals surface area contributed by atoms with Gasteiger partial charge in [0, 0.05) is 31.1 Å². The normalized spacial score (nSPS) is 9.36. The number of isothiocyanates is 1. The van der Waals surface area contributed by atoms with E-state index >= 15 is 0 Å². The zero-order chi connectivity index (χ0) is 61.9. The van der Waals surface area contributed by atoms with Gasteiger partial charge in [-0.15, -0.1) is 17.0 Å². The third-order valence-electron chi connectivity index (χ3n) is 11.8. The monoisotopic (exact) mass is 1280 g/mol. The van der Waals surface area contributed by atoms with E-state index in [1.165, 1.54) is 26.9 Å². The molecule has 86 heavy (non-hydrogen) atoms. The van der Waals surface area contributed by atoms with E-state index in [9.17, 15) is 29.4 Å². The molecular weight excluding hydrogens is 1200 g/mol. The summed E-state index contributed by atoms with van der Waals surface area (Å²) in [5.41, 5.74) is 6.80. The summed E-state index contributed by atoms with van der Waals surface area (Å²) in [6.45, 7) is 2.52. The molecule has 0 amide bonds. The van der Waals surface area contributed by atoms with Crippen LogP contribution >= 0.6 is 41.4 Å². The number of carbonyl (C=O) groups excluding carboxylic acids is 4. The van der Waals surface area contributed by atoms with Crippen molar-refractivity contribution in [3.8, 4) is 28.7 Å². The summed E-state index contributed by atoms with van der Waals surface area (Å²) in [7, 11) is 14.6. The Morgan fingerprint density at radius 2 is 0.965 bits per heavy atom. The number of phenols is 2. The number of aldehydes is 1. The topological polar surface area (TPSA) is 216 Å². The number of halogens is 1. The Bertz CT molecular complexity index is 3150. The number of aliphatic imine (C=N–C) groups is 1. The standard InChI is InChI=1S/C18H20N2O3S.C10H15NO.C10H12O3.C9H7NO2S.C9H13NO.C9H10O2.CH4.BrH/c1-20(12-11-13-7-3-6-10-16(13)21)18(24)19-15-9-5-4-8-14(15)17(22)23-2;1-11-8-7-9-5-3-4-6-10(9)12-2;1-12-9-6-4-3-5-8(9)7-10(11)13-2;1-12-9(11)7-4-2-3-5-8(7)10-6-13;1-10-7-6-8-4-2-3-5-9(8)11;1-11-9-5-3-2-4-8(9)6-7-10;;/h3-10,21H,11-12H2,1-2H3,(H,19,24);3-6,11H,7-8H2,1-2H3;3-6H,7H2,1-2H3;2-5H,1H3;2-5,10-11H,6-7H2,1H3;2-5,7H,6H2,1H3;1H4;1H. The molecule has 0 aliphatic heterocycles. The fraction of sp³-hybridized carbons (Fsp3) is 0.273. The van der Waals surface area contributed by atoms with Gasteiger partial charge >= 0.3 is 17.9 Å². The van der Waals surface area contributed by atoms with Gasteiger partial charge in [-0.1, -0.05) is 123 Å². The molecule has 7 rings (SSSR count). The molecule has 0 spiro atoms. The number of phenolic OH excluding ortho intramolecular Hbond substituents is 2. The van der Waals surface area contributed by atoms with Crippen molar-refractivity contribution in [1.29, 1.82) is 0 Å². The Morgan fingerprint density at radius 3 is 1.45 bits per heavy atom. The van der Waals surface area contributed by atoms with E-state index < -0.39 is 11.9 Å². The molecule has 0 aliphatic rings. The van der Waals surface area contributed by atoms with Crippen molar-refractivity contribution in [2.75, 3.05) is 88.8 Å². The van der Waals surface area contributed by atoms with Crippen molar-refractivity contribution in [1.82, 2.24) is 15.5 Å². The minimum absolute atomic E-state index is 0. The first-order chi connectivity index (χ1) is 40.7. The fourth-order valence-electron chi connectivity index (χ4n) is 7.29. The molecule has 0 bridgehead atoms. The zero-order valence-corrected chi connectivity index (χ0v) is 52.8. The van der Waals surface area contributed by atoms with Gasteiger partial charge in [-0.3, -0.25) is 4.79 Å². The van der Waals surface area contributed by atoms with Crippen molar-refractivity contribution in [3.05, 3.63) is 209 Å². The maximum atomic E-state index is 11.8. The molecule has 0 radical (unpaired) electrons. The molecule has 0 heterocycles. The molecule has 0 aliphatic carbocycles. The number of benzene rings is 7. The summed E-state index contributed by atoms with van der Waals surface area (Å²) in [6.07, 6.45) is 4.09. The lowest BCUT2D eigenvalue weighted by Crippen LogP contribution is -2.33. The second kappa shape index (κ2) is 46.8. The first-order valence-corrected chi connectivity index (χ1v) is 27.2. The van der Waals surface area contributed by atoms with E-state index in [1.54, 1.807) is 82.0 Å². The van der Waals surface area contributed by atoms with Gasteiger partial charge in [-0.25, -0.2) is 9.59 Å². The molecule has 0 aromatic heterocycles. The minimum Gasteiger partial charge on any atom is -0.508 e. The van der Waals surface area contributed by atoms with Gasteiger partial charge in [0.2, 0.25) is 0 Å². The summed E-state index contributed by atoms with van der Waals surface area (Å²) in [4.78, 5) is 49.7. The highest BCUT2D eigenvalue weighted by Crippen LogP contribution is 2.22. The number of likely N-dealkylation sites (N-methyl/N-ethyl adjacent to an activating group) is 3. The van der Waals surface area contributed by atoms with Gasteiger partial charge in [0.1, 0.15) is 35.0 Å². The molecule has 7 aromatic rings. The second-order valence-corrected chi connectivity index (χ2v) is 17.9. The number of hydrogen-bond donors (Lipinski definition) is 5. The largest absolute Gasteiger partial charge is 0.508 e. The van der Waals surface area contributed by atoms with Crippen LogP contribution in [0.1, 0.15) is 56.0 Å². The van der Waals surface area contributed by atoms with E-state index in [-0.39, 0.29) is 42.5 Å². The van der Waals surface area contributed by atoms with E-state index in [0.717, 1.165) is 66.0 Å². The number of thiocarbonyl (C=S) groups is 2. The average Bonchev–Trinajstić information content (AvgIpc) is 3.74. The van der Waals surface area contributed by atoms with Crippen LogP contribution < -0.4 is 30.2 Å². The predicted octanol–water partition coefficient (Wildman–Crippen LogP) is 11.9. The number of rotatable bonds is 20. The lowest BCUT2D eigenvalue weighted by molar-refractivity contribution is -0.139. The van der Waals surface area contributed by atoms with Crippen LogP contribution in [0.15, 0.2) is 175 Å². The summed E-state index contributed by atoms with van der Waals surface area (Å²) in [5, 5.41) is 31.0. The highest BCUT2D eigenvalue weighted by molar-refractivity contribution is 8.93. The van der Waals surface area contributed by atoms with Crippen LogP contribution in [0.4, 0.5) is 11.4 Å². The fourth-order valence-corrected chi connectivity index (χ4v) is 7.59. The molecule has 0 unspecified atom stereocenters. The number of esters is 3. The van der Waals surface area contributed by atoms with Crippen LogP contribution in [0.25, 0.3) is 0 Å². The first-order valence-electron chi connectivity index (χ1n) is 26.3. The highest BCUT2D eigenvalue weighted by Gasteiger charge is 2.14. The van der Waals surface area contributed by atoms with Gasteiger partial charge in [0.15, 0.2) is 5.11 Å². The molecule has 0 saturated carbocycles. The Kier molecular flexibility index (Phi) is 42.2. The molecule has 0 saturated heterocycles. The van der Waals surface area contributed by atoms with E-state index in [4.69, 9.17) is 31.2 Å². The third kappa shape index (κ3) is 29.4. The van der Waals surface area contributed by atoms with Gasteiger partial charge in [-0.2, -0.15) is 4.99 Å². The molecule has 5 N–H and O–H groups in total. The quantitative estimate of drug-likeness (QED) is 0.0158.